The van der Waals surface area contributed by atoms with E-state index in [2.05, 4.69) is 15.4 Å². The summed E-state index contributed by atoms with van der Waals surface area (Å²) in [5, 5.41) is 6.67. The van der Waals surface area contributed by atoms with E-state index in [1.807, 2.05) is 51.1 Å². The molecule has 7 rings (SSSR count). The second-order valence-corrected chi connectivity index (χ2v) is 19.3. The van der Waals surface area contributed by atoms with Gasteiger partial charge < -0.3 is 29.7 Å². The third-order valence-corrected chi connectivity index (χ3v) is 14.9. The van der Waals surface area contributed by atoms with E-state index in [4.69, 9.17) is 19.2 Å². The van der Waals surface area contributed by atoms with Crippen LogP contribution in [-0.4, -0.2) is 89.8 Å². The third-order valence-electron chi connectivity index (χ3n) is 12.7. The van der Waals surface area contributed by atoms with E-state index < -0.39 is 73.8 Å². The maximum Gasteiger partial charge on any atom is 0.408 e. The van der Waals surface area contributed by atoms with Crippen molar-refractivity contribution in [2.24, 2.45) is 11.8 Å². The molecule has 0 radical (unpaired) electrons. The lowest BCUT2D eigenvalue weighted by Gasteiger charge is -2.36. The van der Waals surface area contributed by atoms with E-state index in [-0.39, 0.29) is 25.3 Å². The predicted octanol–water partition coefficient (Wildman–Crippen LogP) is 4.75. The van der Waals surface area contributed by atoms with Gasteiger partial charge in [0, 0.05) is 23.3 Å². The molecule has 5 aliphatic rings. The highest BCUT2D eigenvalue weighted by Gasteiger charge is 2.64. The van der Waals surface area contributed by atoms with Crippen LogP contribution in [0.25, 0.3) is 10.9 Å². The summed E-state index contributed by atoms with van der Waals surface area (Å²) < 4.78 is 45.7. The van der Waals surface area contributed by atoms with Gasteiger partial charge in [-0.25, -0.2) is 18.2 Å². The molecule has 0 unspecified atom stereocenters. The normalized spacial score (nSPS) is 29.7. The van der Waals surface area contributed by atoms with Crippen LogP contribution in [0.15, 0.2) is 30.4 Å². The van der Waals surface area contributed by atoms with Crippen molar-refractivity contribution in [2.75, 3.05) is 13.7 Å². The number of nitrogens with one attached hydrogen (secondary N) is 3. The molecular weight excluding hydrogens is 739 g/mol. The molecule has 304 valence electrons. The monoisotopic (exact) mass is 793 g/mol. The minimum atomic E-state index is -3.99. The Labute approximate surface area is 328 Å². The highest BCUT2D eigenvalue weighted by Crippen LogP contribution is 2.49. The molecule has 1 saturated heterocycles. The number of nitrogens with zero attached hydrogens (tertiary/aromatic N) is 2. The van der Waals surface area contributed by atoms with Crippen LogP contribution in [0.1, 0.15) is 103 Å². The van der Waals surface area contributed by atoms with Gasteiger partial charge >= 0.3 is 6.09 Å². The fraction of sp³-hybridized carbons (Fsp3) is 0.634. The van der Waals surface area contributed by atoms with Gasteiger partial charge in [-0.1, -0.05) is 38.8 Å². The highest BCUT2D eigenvalue weighted by atomic mass is 32.2. The third kappa shape index (κ3) is 7.55. The maximum absolute atomic E-state index is 14.8. The minimum absolute atomic E-state index is 0.0455. The number of allylic oxidation sites excluding steroid dienone is 1. The topological polar surface area (TPSA) is 182 Å². The van der Waals surface area contributed by atoms with Crippen molar-refractivity contribution in [3.05, 3.63) is 41.6 Å². The number of ether oxygens (including phenoxy) is 3. The molecule has 56 heavy (non-hydrogen) atoms. The van der Waals surface area contributed by atoms with Gasteiger partial charge in [-0.15, -0.1) is 0 Å². The molecule has 6 atom stereocenters. The lowest BCUT2D eigenvalue weighted by atomic mass is 9.87. The van der Waals surface area contributed by atoms with Gasteiger partial charge in [0.25, 0.3) is 5.91 Å². The Morgan fingerprint density at radius 3 is 2.57 bits per heavy atom. The first kappa shape index (κ1) is 39.8. The molecule has 2 aliphatic carbocycles. The van der Waals surface area contributed by atoms with Gasteiger partial charge in [-0.3, -0.25) is 19.1 Å². The number of pyridine rings is 1. The van der Waals surface area contributed by atoms with Crippen molar-refractivity contribution >= 4 is 44.7 Å². The van der Waals surface area contributed by atoms with Crippen LogP contribution < -0.4 is 24.8 Å². The molecule has 3 N–H and O–H groups in total. The largest absolute Gasteiger partial charge is 0.497 e. The Hall–Kier alpha value is -4.40. The molecule has 14 nitrogen and oxygen atoms in total. The summed E-state index contributed by atoms with van der Waals surface area (Å²) in [5.41, 5.74) is -0.0603. The number of aromatic nitrogens is 1. The van der Waals surface area contributed by atoms with Crippen LogP contribution in [0.5, 0.6) is 11.5 Å². The van der Waals surface area contributed by atoms with E-state index in [0.717, 1.165) is 29.3 Å². The number of benzene rings is 1. The van der Waals surface area contributed by atoms with Crippen LogP contribution >= 0.6 is 0 Å². The van der Waals surface area contributed by atoms with Crippen molar-refractivity contribution in [1.82, 2.24) is 25.2 Å². The molecule has 2 aromatic rings. The van der Waals surface area contributed by atoms with Crippen LogP contribution in [0.4, 0.5) is 4.79 Å². The standard InChI is InChI=1S/C41H55N5O9S/c1-24(2)26(4)54-38(50)43-32-13-11-9-7-8-10-12-27-21-41(27,37(49)45-56(51,52)39(5)18-19-39)44-35(47)33-22-40(23-46(33)36(32)48)17-16-29-30-20-28(53-6)14-15-31(30)42-25(3)34(29)55-40/h10,12,14-15,20,24,26-27,32-33H,7-9,11,13,16-19,21-23H2,1-6H3,(H,43,50)(H,44,47)(H,45,49)/b12-10-/t26-,27-,32+,33+,40-,41-/m1/s1. The number of carbonyl (C=O) groups is 4. The van der Waals surface area contributed by atoms with Crippen LogP contribution in [0.2, 0.25) is 0 Å². The Kier molecular flexibility index (Phi) is 10.5. The molecule has 0 bridgehead atoms. The Bertz CT molecular complexity index is 2070. The summed E-state index contributed by atoms with van der Waals surface area (Å²) in [6.07, 6.45) is 8.25. The first-order chi connectivity index (χ1) is 26.5. The Morgan fingerprint density at radius 2 is 1.86 bits per heavy atom. The zero-order valence-electron chi connectivity index (χ0n) is 33.2. The summed E-state index contributed by atoms with van der Waals surface area (Å²) in [7, 11) is -2.38. The number of hydrogen-bond donors (Lipinski definition) is 3. The number of amides is 4. The highest BCUT2D eigenvalue weighted by molar-refractivity contribution is 7.91. The summed E-state index contributed by atoms with van der Waals surface area (Å²) in [5.74, 6) is -0.913. The van der Waals surface area contributed by atoms with Crippen molar-refractivity contribution in [3.8, 4) is 11.5 Å². The van der Waals surface area contributed by atoms with E-state index in [1.165, 1.54) is 4.90 Å². The number of sulfonamides is 1. The predicted molar refractivity (Wildman–Crippen MR) is 208 cm³/mol. The molecule has 4 amide bonds. The number of methoxy groups -OCH3 is 1. The van der Waals surface area contributed by atoms with Crippen LogP contribution in [0, 0.1) is 18.8 Å². The van der Waals surface area contributed by atoms with Gasteiger partial charge in [-0.2, -0.15) is 0 Å². The lowest BCUT2D eigenvalue weighted by molar-refractivity contribution is -0.141. The van der Waals surface area contributed by atoms with Gasteiger partial charge in [0.15, 0.2) is 0 Å². The smallest absolute Gasteiger partial charge is 0.408 e. The molecule has 1 spiro atoms. The van der Waals surface area contributed by atoms with Gasteiger partial charge in [0.1, 0.15) is 40.8 Å². The number of carbonyl (C=O) groups excluding carboxylic acids is 4. The second kappa shape index (κ2) is 14.8. The Morgan fingerprint density at radius 1 is 1.09 bits per heavy atom. The van der Waals surface area contributed by atoms with E-state index >= 15 is 0 Å². The summed E-state index contributed by atoms with van der Waals surface area (Å²) >= 11 is 0. The molecule has 15 heteroatoms. The van der Waals surface area contributed by atoms with E-state index in [9.17, 15) is 27.6 Å². The van der Waals surface area contributed by atoms with E-state index in [1.54, 1.807) is 21.0 Å². The van der Waals surface area contributed by atoms with Crippen molar-refractivity contribution in [3.63, 3.8) is 0 Å². The van der Waals surface area contributed by atoms with Gasteiger partial charge in [-0.05, 0) is 96.3 Å². The number of aryl methyl sites for hydroxylation is 2. The first-order valence-electron chi connectivity index (χ1n) is 20.0. The second-order valence-electron chi connectivity index (χ2n) is 17.1. The Balaban J connectivity index is 1.23. The zero-order valence-corrected chi connectivity index (χ0v) is 34.1. The lowest BCUT2D eigenvalue weighted by Crippen LogP contribution is -2.58. The van der Waals surface area contributed by atoms with Crippen molar-refractivity contribution in [2.45, 2.75) is 139 Å². The van der Waals surface area contributed by atoms with E-state index in [0.29, 0.717) is 62.1 Å². The molecule has 2 saturated carbocycles. The number of rotatable bonds is 7. The van der Waals surface area contributed by atoms with Crippen LogP contribution in [0.3, 0.4) is 0 Å². The minimum Gasteiger partial charge on any atom is -0.497 e. The first-order valence-corrected chi connectivity index (χ1v) is 21.5. The van der Waals surface area contributed by atoms with Gasteiger partial charge in [0.2, 0.25) is 21.8 Å². The molecule has 1 aromatic carbocycles. The fourth-order valence-electron chi connectivity index (χ4n) is 8.28. The molecule has 1 aromatic heterocycles. The average Bonchev–Trinajstić information content (AvgIpc) is 4.04. The molecule has 4 heterocycles. The summed E-state index contributed by atoms with van der Waals surface area (Å²) in [4.78, 5) is 62.9. The van der Waals surface area contributed by atoms with Crippen molar-refractivity contribution < 1.29 is 41.8 Å². The average molecular weight is 794 g/mol. The van der Waals surface area contributed by atoms with Crippen molar-refractivity contribution in [1.29, 1.82) is 0 Å². The van der Waals surface area contributed by atoms with Crippen LogP contribution in [-0.2, 0) is 35.6 Å². The maximum atomic E-state index is 14.8. The number of hydrogen-bond acceptors (Lipinski definition) is 10. The fourth-order valence-corrected chi connectivity index (χ4v) is 9.59. The molecular formula is C41H55N5O9S. The summed E-state index contributed by atoms with van der Waals surface area (Å²) in [6, 6.07) is 3.62. The van der Waals surface area contributed by atoms with Gasteiger partial charge in [0.05, 0.1) is 29.6 Å². The summed E-state index contributed by atoms with van der Waals surface area (Å²) in [6.45, 7) is 9.19. The number of fused-ring (bicyclic) bond motifs is 5. The quantitative estimate of drug-likeness (QED) is 0.331. The number of alkyl carbamates (subject to hydrolysis) is 1. The zero-order chi connectivity index (χ0) is 40.2. The molecule has 3 aliphatic heterocycles. The molecule has 3 fully saturated rings. The SMILES string of the molecule is COc1ccc2nc(C)c3c(c2c1)CC[C@]1(C[C@H]2C(=O)N[C@]4(C(=O)NS(=O)(=O)C5(C)CC5)C[C@H]4/C=C\CCCCC[C@H](NC(=O)O[C@H](C)C(C)C)C(=O)N2C1)O3.